The van der Waals surface area contributed by atoms with E-state index in [1.54, 1.807) is 18.2 Å². The van der Waals surface area contributed by atoms with Crippen molar-refractivity contribution >= 4 is 17.6 Å². The third kappa shape index (κ3) is 3.12. The molecule has 4 nitrogen and oxygen atoms in total. The molecule has 0 amide bonds. The molecule has 16 heavy (non-hydrogen) atoms. The van der Waals surface area contributed by atoms with E-state index in [1.807, 2.05) is 0 Å². The molecule has 0 aliphatic heterocycles. The number of methoxy groups -OCH3 is 1. The van der Waals surface area contributed by atoms with Crippen LogP contribution < -0.4 is 10.5 Å². The predicted octanol–water partition coefficient (Wildman–Crippen LogP) is 1.87. The van der Waals surface area contributed by atoms with Crippen molar-refractivity contribution in [3.05, 3.63) is 28.8 Å². The monoisotopic (exact) mass is 243 g/mol. The quantitative estimate of drug-likeness (QED) is 0.828. The van der Waals surface area contributed by atoms with Crippen molar-refractivity contribution in [2.45, 2.75) is 12.3 Å². The summed E-state index contributed by atoms with van der Waals surface area (Å²) >= 11 is 5.87. The van der Waals surface area contributed by atoms with Crippen LogP contribution in [0.5, 0.6) is 5.75 Å². The van der Waals surface area contributed by atoms with Crippen molar-refractivity contribution in [3.63, 3.8) is 0 Å². The average Bonchev–Trinajstić information content (AvgIpc) is 2.25. The van der Waals surface area contributed by atoms with Gasteiger partial charge in [0.1, 0.15) is 5.75 Å². The Kier molecular flexibility index (Phi) is 4.58. The number of carboxylic acid groups (broad SMARTS) is 1. The maximum atomic E-state index is 10.7. The first-order valence-corrected chi connectivity index (χ1v) is 5.21. The molecule has 1 aromatic rings. The van der Waals surface area contributed by atoms with E-state index < -0.39 is 5.97 Å². The maximum absolute atomic E-state index is 10.7. The summed E-state index contributed by atoms with van der Waals surface area (Å²) in [6, 6.07) is 5.10. The highest BCUT2D eigenvalue weighted by atomic mass is 35.5. The van der Waals surface area contributed by atoms with Gasteiger partial charge in [-0.15, -0.1) is 0 Å². The zero-order valence-electron chi connectivity index (χ0n) is 8.94. The van der Waals surface area contributed by atoms with E-state index in [0.717, 1.165) is 5.56 Å². The Hall–Kier alpha value is -1.26. The molecule has 0 fully saturated rings. The van der Waals surface area contributed by atoms with Gasteiger partial charge in [-0.05, 0) is 24.7 Å². The van der Waals surface area contributed by atoms with Crippen molar-refractivity contribution in [1.29, 1.82) is 0 Å². The molecule has 0 aliphatic carbocycles. The molecule has 0 aliphatic rings. The molecular formula is C11H14ClNO3. The van der Waals surface area contributed by atoms with Crippen molar-refractivity contribution in [3.8, 4) is 5.75 Å². The lowest BCUT2D eigenvalue weighted by Crippen LogP contribution is -2.17. The molecular weight excluding hydrogens is 230 g/mol. The number of hydrogen-bond acceptors (Lipinski definition) is 3. The standard InChI is InChI=1S/C11H14ClNO3/c1-16-10-3-2-8(12)5-9(10)7(6-13)4-11(14)15/h2-3,5,7H,4,6,13H2,1H3,(H,14,15). The Bertz CT molecular complexity index is 381. The van der Waals surface area contributed by atoms with Crippen molar-refractivity contribution in [1.82, 2.24) is 0 Å². The highest BCUT2D eigenvalue weighted by Gasteiger charge is 2.18. The first-order valence-electron chi connectivity index (χ1n) is 4.83. The number of carbonyl (C=O) groups is 1. The lowest BCUT2D eigenvalue weighted by atomic mass is 9.95. The smallest absolute Gasteiger partial charge is 0.304 e. The highest BCUT2D eigenvalue weighted by molar-refractivity contribution is 6.30. The molecule has 1 aromatic carbocycles. The molecule has 0 spiro atoms. The van der Waals surface area contributed by atoms with Gasteiger partial charge in [-0.25, -0.2) is 0 Å². The predicted molar refractivity (Wildman–Crippen MR) is 62.1 cm³/mol. The lowest BCUT2D eigenvalue weighted by molar-refractivity contribution is -0.137. The molecule has 0 radical (unpaired) electrons. The Labute approximate surface area is 99.0 Å². The number of ether oxygens (including phenoxy) is 1. The van der Waals surface area contributed by atoms with Gasteiger partial charge < -0.3 is 15.6 Å². The first kappa shape index (κ1) is 12.8. The van der Waals surface area contributed by atoms with Gasteiger partial charge in [0, 0.05) is 16.5 Å². The van der Waals surface area contributed by atoms with Crippen LogP contribution in [-0.2, 0) is 4.79 Å². The van der Waals surface area contributed by atoms with Crippen LogP contribution in [0, 0.1) is 0 Å². The summed E-state index contributed by atoms with van der Waals surface area (Å²) in [7, 11) is 1.53. The Morgan fingerprint density at radius 1 is 1.62 bits per heavy atom. The van der Waals surface area contributed by atoms with Crippen LogP contribution in [0.15, 0.2) is 18.2 Å². The summed E-state index contributed by atoms with van der Waals surface area (Å²) < 4.78 is 5.16. The van der Waals surface area contributed by atoms with Crippen molar-refractivity contribution in [2.75, 3.05) is 13.7 Å². The Morgan fingerprint density at radius 2 is 2.31 bits per heavy atom. The first-order chi connectivity index (χ1) is 7.58. The molecule has 0 heterocycles. The number of carboxylic acids is 1. The molecule has 3 N–H and O–H groups in total. The van der Waals surface area contributed by atoms with E-state index >= 15 is 0 Å². The third-order valence-corrected chi connectivity index (χ3v) is 2.57. The van der Waals surface area contributed by atoms with E-state index in [0.29, 0.717) is 10.8 Å². The Balaban J connectivity index is 3.06. The fraction of sp³-hybridized carbons (Fsp3) is 0.364. The van der Waals surface area contributed by atoms with E-state index in [4.69, 9.17) is 27.2 Å². The second kappa shape index (κ2) is 5.72. The van der Waals surface area contributed by atoms with Crippen LogP contribution in [0.3, 0.4) is 0 Å². The molecule has 0 saturated heterocycles. The van der Waals surface area contributed by atoms with Gasteiger partial charge in [-0.1, -0.05) is 11.6 Å². The van der Waals surface area contributed by atoms with Gasteiger partial charge in [-0.3, -0.25) is 4.79 Å². The molecule has 0 aromatic heterocycles. The summed E-state index contributed by atoms with van der Waals surface area (Å²) in [6.07, 6.45) is -0.0345. The molecule has 88 valence electrons. The van der Waals surface area contributed by atoms with Crippen LogP contribution in [-0.4, -0.2) is 24.7 Å². The lowest BCUT2D eigenvalue weighted by Gasteiger charge is -2.16. The topological polar surface area (TPSA) is 72.5 Å². The zero-order chi connectivity index (χ0) is 12.1. The second-order valence-corrected chi connectivity index (χ2v) is 3.85. The number of hydrogen-bond donors (Lipinski definition) is 2. The van der Waals surface area contributed by atoms with Crippen molar-refractivity contribution < 1.29 is 14.6 Å². The third-order valence-electron chi connectivity index (χ3n) is 2.34. The summed E-state index contributed by atoms with van der Waals surface area (Å²) in [6.45, 7) is 0.239. The van der Waals surface area contributed by atoms with Gasteiger partial charge in [-0.2, -0.15) is 0 Å². The SMILES string of the molecule is COc1ccc(Cl)cc1C(CN)CC(=O)O. The number of aliphatic carboxylic acids is 1. The van der Waals surface area contributed by atoms with Crippen LogP contribution in [0.25, 0.3) is 0 Å². The van der Waals surface area contributed by atoms with Crippen LogP contribution >= 0.6 is 11.6 Å². The minimum atomic E-state index is -0.891. The summed E-state index contributed by atoms with van der Waals surface area (Å²) in [5.74, 6) is -0.565. The van der Waals surface area contributed by atoms with Crippen LogP contribution in [0.1, 0.15) is 17.9 Å². The molecule has 1 rings (SSSR count). The normalized spacial score (nSPS) is 12.2. The van der Waals surface area contributed by atoms with E-state index in [1.165, 1.54) is 7.11 Å². The van der Waals surface area contributed by atoms with Crippen molar-refractivity contribution in [2.24, 2.45) is 5.73 Å². The molecule has 0 saturated carbocycles. The van der Waals surface area contributed by atoms with Gasteiger partial charge in [0.15, 0.2) is 0 Å². The summed E-state index contributed by atoms with van der Waals surface area (Å²) in [5, 5.41) is 9.32. The summed E-state index contributed by atoms with van der Waals surface area (Å²) in [5.41, 5.74) is 6.30. The highest BCUT2D eigenvalue weighted by Crippen LogP contribution is 2.30. The zero-order valence-corrected chi connectivity index (χ0v) is 9.70. The van der Waals surface area contributed by atoms with Gasteiger partial charge >= 0.3 is 5.97 Å². The average molecular weight is 244 g/mol. The van der Waals surface area contributed by atoms with Gasteiger partial charge in [0.2, 0.25) is 0 Å². The maximum Gasteiger partial charge on any atom is 0.304 e. The second-order valence-electron chi connectivity index (χ2n) is 3.42. The minimum Gasteiger partial charge on any atom is -0.496 e. The fourth-order valence-electron chi connectivity index (χ4n) is 1.56. The number of nitrogens with two attached hydrogens (primary N) is 1. The fourth-order valence-corrected chi connectivity index (χ4v) is 1.74. The van der Waals surface area contributed by atoms with Gasteiger partial charge in [0.05, 0.1) is 13.5 Å². The number of rotatable bonds is 5. The molecule has 1 atom stereocenters. The minimum absolute atomic E-state index is 0.0345. The van der Waals surface area contributed by atoms with E-state index in [2.05, 4.69) is 0 Å². The molecule has 0 bridgehead atoms. The number of benzene rings is 1. The Morgan fingerprint density at radius 3 is 2.81 bits per heavy atom. The molecule has 5 heteroatoms. The van der Waals surface area contributed by atoms with Gasteiger partial charge in [0.25, 0.3) is 0 Å². The van der Waals surface area contributed by atoms with Crippen LogP contribution in [0.4, 0.5) is 0 Å². The van der Waals surface area contributed by atoms with E-state index in [9.17, 15) is 4.79 Å². The summed E-state index contributed by atoms with van der Waals surface area (Å²) in [4.78, 5) is 10.7. The molecule has 1 unspecified atom stereocenters. The largest absolute Gasteiger partial charge is 0.496 e. The van der Waals surface area contributed by atoms with E-state index in [-0.39, 0.29) is 18.9 Å². The van der Waals surface area contributed by atoms with Crippen LogP contribution in [0.2, 0.25) is 5.02 Å². The number of halogens is 1.